The number of non-ortho nitro benzene ring substituents is 1. The number of nitrogens with zero attached hydrogens (tertiary/aromatic N) is 1. The van der Waals surface area contributed by atoms with E-state index in [0.29, 0.717) is 12.2 Å². The topological polar surface area (TPSA) is 70.6 Å². The van der Waals surface area contributed by atoms with Gasteiger partial charge in [-0.2, -0.15) is 0 Å². The Bertz CT molecular complexity index is 378. The number of rotatable bonds is 1. The van der Waals surface area contributed by atoms with Crippen molar-refractivity contribution >= 4 is 11.4 Å². The van der Waals surface area contributed by atoms with Crippen LogP contribution in [0.15, 0.2) is 18.2 Å². The van der Waals surface area contributed by atoms with Gasteiger partial charge in [-0.3, -0.25) is 10.1 Å². The Morgan fingerprint density at radius 2 is 2.21 bits per heavy atom. The van der Waals surface area contributed by atoms with Crippen LogP contribution in [0.25, 0.3) is 0 Å². The molecule has 0 aliphatic carbocycles. The van der Waals surface area contributed by atoms with Crippen molar-refractivity contribution in [2.24, 2.45) is 0 Å². The summed E-state index contributed by atoms with van der Waals surface area (Å²) in [6.07, 6.45) is 1.70. The molecule has 0 bridgehead atoms. The number of aryl methyl sites for hydroxylation is 1. The Kier molecular flexibility index (Phi) is 2.18. The Balaban J connectivity index is 2.45. The van der Waals surface area contributed by atoms with Crippen molar-refractivity contribution < 1.29 is 9.99 Å². The number of quaternary nitrogens is 1. The molecule has 1 heterocycles. The standard InChI is InChI=1S/C9H10N2O3/c12-10-5-1-2-7-3-4-8(11(13)14)6-9(7)10/h3-4,6,10H,1-2,5H2. The molecule has 5 nitrogen and oxygen atoms in total. The first-order valence-electron chi connectivity index (χ1n) is 4.49. The number of nitrogens with one attached hydrogen (secondary N) is 1. The fourth-order valence-corrected chi connectivity index (χ4v) is 1.73. The van der Waals surface area contributed by atoms with Crippen LogP contribution in [0, 0.1) is 15.3 Å². The summed E-state index contributed by atoms with van der Waals surface area (Å²) in [4.78, 5) is 10.0. The van der Waals surface area contributed by atoms with Crippen LogP contribution in [0.5, 0.6) is 0 Å². The number of hydrogen-bond donors (Lipinski definition) is 1. The van der Waals surface area contributed by atoms with Crippen LogP contribution < -0.4 is 5.06 Å². The molecule has 1 aliphatic heterocycles. The molecule has 0 spiro atoms. The van der Waals surface area contributed by atoms with E-state index in [2.05, 4.69) is 0 Å². The van der Waals surface area contributed by atoms with Gasteiger partial charge < -0.3 is 10.3 Å². The zero-order valence-electron chi connectivity index (χ0n) is 7.53. The highest BCUT2D eigenvalue weighted by molar-refractivity contribution is 5.49. The first kappa shape index (κ1) is 9.11. The van der Waals surface area contributed by atoms with Crippen molar-refractivity contribution in [2.45, 2.75) is 12.8 Å². The van der Waals surface area contributed by atoms with Gasteiger partial charge in [-0.05, 0) is 12.5 Å². The predicted molar refractivity (Wildman–Crippen MR) is 50.3 cm³/mol. The normalized spacial score (nSPS) is 20.2. The van der Waals surface area contributed by atoms with Crippen LogP contribution in [0.1, 0.15) is 12.0 Å². The lowest BCUT2D eigenvalue weighted by Gasteiger charge is -2.27. The summed E-state index contributed by atoms with van der Waals surface area (Å²) in [5.74, 6) is 0. The monoisotopic (exact) mass is 194 g/mol. The molecule has 5 heteroatoms. The SMILES string of the molecule is O=[N+]([O-])c1ccc2c(c1)[NH+]([O-])CCC2. The van der Waals surface area contributed by atoms with Crippen molar-refractivity contribution in [3.8, 4) is 0 Å². The Labute approximate surface area is 80.7 Å². The van der Waals surface area contributed by atoms with Gasteiger partial charge >= 0.3 is 0 Å². The van der Waals surface area contributed by atoms with E-state index in [1.54, 1.807) is 6.07 Å². The highest BCUT2D eigenvalue weighted by Gasteiger charge is 2.19. The van der Waals surface area contributed by atoms with E-state index in [1.807, 2.05) is 0 Å². The molecule has 0 saturated heterocycles. The third-order valence-corrected chi connectivity index (χ3v) is 2.45. The zero-order valence-corrected chi connectivity index (χ0v) is 7.53. The lowest BCUT2D eigenvalue weighted by atomic mass is 10.0. The van der Waals surface area contributed by atoms with E-state index in [-0.39, 0.29) is 10.8 Å². The fraction of sp³-hybridized carbons (Fsp3) is 0.333. The first-order chi connectivity index (χ1) is 6.68. The quantitative estimate of drug-likeness (QED) is 0.403. The average molecular weight is 194 g/mol. The molecule has 0 radical (unpaired) electrons. The van der Waals surface area contributed by atoms with Crippen molar-refractivity contribution in [1.29, 1.82) is 0 Å². The molecule has 1 aromatic rings. The first-order valence-corrected chi connectivity index (χ1v) is 4.49. The van der Waals surface area contributed by atoms with Gasteiger partial charge in [0.15, 0.2) is 0 Å². The molecule has 0 fully saturated rings. The van der Waals surface area contributed by atoms with Crippen LogP contribution in [-0.2, 0) is 6.42 Å². The fourth-order valence-electron chi connectivity index (χ4n) is 1.73. The highest BCUT2D eigenvalue weighted by Crippen LogP contribution is 2.22. The maximum Gasteiger partial charge on any atom is 0.275 e. The van der Waals surface area contributed by atoms with Gasteiger partial charge in [0.1, 0.15) is 5.69 Å². The molecule has 2 rings (SSSR count). The Morgan fingerprint density at radius 1 is 1.43 bits per heavy atom. The molecule has 0 aromatic heterocycles. The average Bonchev–Trinajstić information content (AvgIpc) is 2.18. The minimum atomic E-state index is -0.470. The van der Waals surface area contributed by atoms with Crippen LogP contribution in [0.3, 0.4) is 0 Å². The molecule has 0 saturated carbocycles. The summed E-state index contributed by atoms with van der Waals surface area (Å²) in [5.41, 5.74) is 1.47. The summed E-state index contributed by atoms with van der Waals surface area (Å²) in [6.45, 7) is 0.508. The summed E-state index contributed by atoms with van der Waals surface area (Å²) < 4.78 is 0. The predicted octanol–water partition coefficient (Wildman–Crippen LogP) is 0.555. The van der Waals surface area contributed by atoms with Crippen molar-refractivity contribution in [3.05, 3.63) is 39.1 Å². The molecule has 1 unspecified atom stereocenters. The number of nitro groups is 1. The smallest absolute Gasteiger partial charge is 0.275 e. The number of nitro benzene ring substituents is 1. The van der Waals surface area contributed by atoms with E-state index in [4.69, 9.17) is 0 Å². The maximum absolute atomic E-state index is 11.4. The van der Waals surface area contributed by atoms with Crippen LogP contribution in [0.2, 0.25) is 0 Å². The van der Waals surface area contributed by atoms with E-state index in [0.717, 1.165) is 18.4 Å². The molecule has 14 heavy (non-hydrogen) atoms. The van der Waals surface area contributed by atoms with Gasteiger partial charge in [-0.25, -0.2) is 0 Å². The molecule has 74 valence electrons. The molecule has 0 amide bonds. The Hall–Kier alpha value is -1.46. The van der Waals surface area contributed by atoms with E-state index in [1.165, 1.54) is 12.1 Å². The maximum atomic E-state index is 11.4. The van der Waals surface area contributed by atoms with Gasteiger partial charge in [0, 0.05) is 18.1 Å². The second-order valence-corrected chi connectivity index (χ2v) is 3.38. The summed E-state index contributed by atoms with van der Waals surface area (Å²) in [7, 11) is 0. The lowest BCUT2D eigenvalue weighted by molar-refractivity contribution is -0.779. The minimum absolute atomic E-state index is 0.000926. The van der Waals surface area contributed by atoms with Gasteiger partial charge in [0.05, 0.1) is 17.5 Å². The van der Waals surface area contributed by atoms with E-state index >= 15 is 0 Å². The molecule has 1 atom stereocenters. The van der Waals surface area contributed by atoms with Crippen molar-refractivity contribution in [2.75, 3.05) is 6.54 Å². The van der Waals surface area contributed by atoms with Gasteiger partial charge in [0.25, 0.3) is 5.69 Å². The van der Waals surface area contributed by atoms with Crippen LogP contribution in [-0.4, -0.2) is 11.5 Å². The molecular weight excluding hydrogens is 184 g/mol. The van der Waals surface area contributed by atoms with Crippen molar-refractivity contribution in [1.82, 2.24) is 0 Å². The number of hydrogen-bond acceptors (Lipinski definition) is 3. The minimum Gasteiger partial charge on any atom is -0.629 e. The largest absolute Gasteiger partial charge is 0.629 e. The second-order valence-electron chi connectivity index (χ2n) is 3.38. The Morgan fingerprint density at radius 3 is 2.93 bits per heavy atom. The summed E-state index contributed by atoms with van der Waals surface area (Å²) >= 11 is 0. The summed E-state index contributed by atoms with van der Waals surface area (Å²) in [5, 5.41) is 21.9. The number of fused-ring (bicyclic) bond motifs is 1. The van der Waals surface area contributed by atoms with Gasteiger partial charge in [-0.1, -0.05) is 0 Å². The second kappa shape index (κ2) is 3.36. The number of benzene rings is 1. The van der Waals surface area contributed by atoms with Crippen molar-refractivity contribution in [3.63, 3.8) is 0 Å². The molecule has 1 N–H and O–H groups in total. The highest BCUT2D eigenvalue weighted by atomic mass is 16.6. The van der Waals surface area contributed by atoms with Crippen LogP contribution in [0.4, 0.5) is 11.4 Å². The van der Waals surface area contributed by atoms with Crippen LogP contribution >= 0.6 is 0 Å². The molecule has 1 aliphatic rings. The van der Waals surface area contributed by atoms with E-state index in [9.17, 15) is 15.3 Å². The van der Waals surface area contributed by atoms with Gasteiger partial charge in [0.2, 0.25) is 0 Å². The van der Waals surface area contributed by atoms with E-state index < -0.39 is 4.92 Å². The third-order valence-electron chi connectivity index (χ3n) is 2.45. The molecular formula is C9H10N2O3. The lowest BCUT2D eigenvalue weighted by Crippen LogP contribution is -3.03. The number of hydroxylamine groups is 1. The summed E-state index contributed by atoms with van der Waals surface area (Å²) in [6, 6.07) is 4.53. The van der Waals surface area contributed by atoms with Gasteiger partial charge in [-0.15, -0.1) is 0 Å². The zero-order chi connectivity index (χ0) is 10.1. The third kappa shape index (κ3) is 1.47. The molecule has 1 aromatic carbocycles.